The number of nitrogens with two attached hydrogens (primary N) is 1. The van der Waals surface area contributed by atoms with Crippen LogP contribution in [0.3, 0.4) is 0 Å². The lowest BCUT2D eigenvalue weighted by Crippen LogP contribution is -2.50. The number of benzene rings is 3. The zero-order valence-electron chi connectivity index (χ0n) is 23.3. The lowest BCUT2D eigenvalue weighted by Gasteiger charge is -2.28. The first-order valence-electron chi connectivity index (χ1n) is 13.7. The van der Waals surface area contributed by atoms with Gasteiger partial charge in [-0.15, -0.1) is 6.58 Å². The predicted molar refractivity (Wildman–Crippen MR) is 158 cm³/mol. The zero-order chi connectivity index (χ0) is 29.5. The van der Waals surface area contributed by atoms with E-state index in [1.54, 1.807) is 23.1 Å². The molecule has 0 saturated heterocycles. The molecule has 3 atom stereocenters. The highest BCUT2D eigenvalue weighted by atomic mass is 19.1. The van der Waals surface area contributed by atoms with Gasteiger partial charge in [-0.1, -0.05) is 80.6 Å². The van der Waals surface area contributed by atoms with Crippen LogP contribution in [-0.4, -0.2) is 29.6 Å². The predicted octanol–water partition coefficient (Wildman–Crippen LogP) is 4.99. The van der Waals surface area contributed by atoms with Crippen molar-refractivity contribution < 1.29 is 18.8 Å². The Hall–Kier alpha value is -4.59. The third kappa shape index (κ3) is 6.95. The number of anilines is 1. The molecule has 3 aromatic carbocycles. The minimum Gasteiger partial charge on any atom is -0.369 e. The molecule has 0 aliphatic carbocycles. The Balaban J connectivity index is 1.80. The SMILES string of the molecule is C=CC[C@H](C(N)=O)[C@@H](CC(C)C)C(=O)NC1N=C(c2ccccc2)c2ccccc2N(Cc2ccc(F)cc2)C1=O. The van der Waals surface area contributed by atoms with Crippen LogP contribution in [0.25, 0.3) is 0 Å². The number of nitrogens with zero attached hydrogens (tertiary/aromatic N) is 2. The van der Waals surface area contributed by atoms with Crippen molar-refractivity contribution in [3.05, 3.63) is 114 Å². The first-order chi connectivity index (χ1) is 19.7. The fourth-order valence-corrected chi connectivity index (χ4v) is 5.15. The van der Waals surface area contributed by atoms with Crippen LogP contribution in [0.4, 0.5) is 10.1 Å². The monoisotopic (exact) mass is 554 g/mol. The van der Waals surface area contributed by atoms with Crippen LogP contribution < -0.4 is 16.0 Å². The van der Waals surface area contributed by atoms with Gasteiger partial charge < -0.3 is 16.0 Å². The van der Waals surface area contributed by atoms with Crippen LogP contribution in [0.2, 0.25) is 0 Å². The lowest BCUT2D eigenvalue weighted by molar-refractivity contribution is -0.135. The van der Waals surface area contributed by atoms with E-state index in [9.17, 15) is 18.8 Å². The third-order valence-electron chi connectivity index (χ3n) is 7.12. The quantitative estimate of drug-likeness (QED) is 0.326. The number of allylic oxidation sites excluding steroid dienone is 1. The lowest BCUT2D eigenvalue weighted by atomic mass is 9.82. The van der Waals surface area contributed by atoms with Crippen LogP contribution >= 0.6 is 0 Å². The first kappa shape index (κ1) is 29.4. The van der Waals surface area contributed by atoms with E-state index in [-0.39, 0.29) is 24.7 Å². The summed E-state index contributed by atoms with van der Waals surface area (Å²) >= 11 is 0. The van der Waals surface area contributed by atoms with Crippen molar-refractivity contribution in [2.75, 3.05) is 4.90 Å². The molecule has 1 unspecified atom stereocenters. The standard InChI is InChI=1S/C33H35FN4O3/c1-4-10-25(30(35)39)27(19-21(2)3)32(40)37-31-33(41)38(20-22-15-17-24(34)18-16-22)28-14-9-8-13-26(28)29(36-31)23-11-6-5-7-12-23/h4-9,11-18,21,25,27,31H,1,10,19-20H2,2-3H3,(H2,35,39)(H,37,40)/t25-,27+,31?/m0/s1. The average Bonchev–Trinajstić information content (AvgIpc) is 3.07. The molecule has 0 radical (unpaired) electrons. The fourth-order valence-electron chi connectivity index (χ4n) is 5.15. The minimum absolute atomic E-state index is 0.0878. The number of nitrogens with one attached hydrogen (secondary N) is 1. The molecule has 4 rings (SSSR count). The number of rotatable bonds is 11. The molecule has 0 spiro atoms. The molecule has 7 nitrogen and oxygen atoms in total. The highest BCUT2D eigenvalue weighted by molar-refractivity contribution is 6.20. The Labute approximate surface area is 240 Å². The van der Waals surface area contributed by atoms with E-state index < -0.39 is 35.7 Å². The molecule has 8 heteroatoms. The number of primary amides is 1. The normalized spacial score (nSPS) is 16.3. The van der Waals surface area contributed by atoms with Gasteiger partial charge in [-0.25, -0.2) is 9.38 Å². The molecule has 1 aliphatic heterocycles. The Morgan fingerprint density at radius 2 is 1.68 bits per heavy atom. The zero-order valence-corrected chi connectivity index (χ0v) is 23.3. The van der Waals surface area contributed by atoms with Gasteiger partial charge in [0.2, 0.25) is 18.0 Å². The van der Waals surface area contributed by atoms with Crippen LogP contribution in [0.15, 0.2) is 96.5 Å². The fraction of sp³-hybridized carbons (Fsp3) is 0.273. The minimum atomic E-state index is -1.28. The summed E-state index contributed by atoms with van der Waals surface area (Å²) in [6.45, 7) is 7.76. The van der Waals surface area contributed by atoms with Crippen molar-refractivity contribution in [3.8, 4) is 0 Å². The second-order valence-corrected chi connectivity index (χ2v) is 10.6. The number of benzodiazepines with no additional fused rings is 1. The molecule has 0 aromatic heterocycles. The van der Waals surface area contributed by atoms with E-state index in [1.807, 2.05) is 68.4 Å². The van der Waals surface area contributed by atoms with E-state index in [0.29, 0.717) is 28.9 Å². The van der Waals surface area contributed by atoms with Crippen molar-refractivity contribution in [3.63, 3.8) is 0 Å². The second-order valence-electron chi connectivity index (χ2n) is 10.6. The topological polar surface area (TPSA) is 105 Å². The van der Waals surface area contributed by atoms with E-state index in [1.165, 1.54) is 12.1 Å². The Bertz CT molecular complexity index is 1440. The number of para-hydroxylation sites is 1. The summed E-state index contributed by atoms with van der Waals surface area (Å²) < 4.78 is 13.6. The number of halogens is 1. The van der Waals surface area contributed by atoms with E-state index in [0.717, 1.165) is 5.56 Å². The van der Waals surface area contributed by atoms with Crippen molar-refractivity contribution >= 4 is 29.1 Å². The van der Waals surface area contributed by atoms with Gasteiger partial charge in [0.25, 0.3) is 5.91 Å². The molecule has 3 amide bonds. The number of amides is 3. The summed E-state index contributed by atoms with van der Waals surface area (Å²) in [6.07, 6.45) is 0.916. The molecular weight excluding hydrogens is 519 g/mol. The molecule has 0 saturated carbocycles. The third-order valence-corrected chi connectivity index (χ3v) is 7.12. The second kappa shape index (κ2) is 13.2. The van der Waals surface area contributed by atoms with Crippen LogP contribution in [-0.2, 0) is 20.9 Å². The Morgan fingerprint density at radius 1 is 1.02 bits per heavy atom. The molecule has 0 fully saturated rings. The maximum Gasteiger partial charge on any atom is 0.272 e. The summed E-state index contributed by atoms with van der Waals surface area (Å²) in [7, 11) is 0. The molecule has 0 bridgehead atoms. The molecule has 3 aromatic rings. The van der Waals surface area contributed by atoms with Crippen molar-refractivity contribution in [2.24, 2.45) is 28.5 Å². The van der Waals surface area contributed by atoms with Gasteiger partial charge in [0.1, 0.15) is 5.82 Å². The Kier molecular flexibility index (Phi) is 9.45. The first-order valence-corrected chi connectivity index (χ1v) is 13.7. The largest absolute Gasteiger partial charge is 0.369 e. The van der Waals surface area contributed by atoms with Gasteiger partial charge in [-0.05, 0) is 42.5 Å². The van der Waals surface area contributed by atoms with Crippen LogP contribution in [0, 0.1) is 23.6 Å². The maximum absolute atomic E-state index is 14.2. The van der Waals surface area contributed by atoms with E-state index in [4.69, 9.17) is 10.7 Å². The molecule has 41 heavy (non-hydrogen) atoms. The van der Waals surface area contributed by atoms with E-state index >= 15 is 0 Å². The van der Waals surface area contributed by atoms with Crippen LogP contribution in [0.5, 0.6) is 0 Å². The summed E-state index contributed by atoms with van der Waals surface area (Å²) in [4.78, 5) is 46.7. The number of carbonyl (C=O) groups excluding carboxylic acids is 3. The number of hydrogen-bond donors (Lipinski definition) is 2. The van der Waals surface area contributed by atoms with Gasteiger partial charge in [0.15, 0.2) is 0 Å². The summed E-state index contributed by atoms with van der Waals surface area (Å²) in [5.41, 5.74) is 9.05. The van der Waals surface area contributed by atoms with E-state index in [2.05, 4.69) is 11.9 Å². The van der Waals surface area contributed by atoms with Gasteiger partial charge in [0.05, 0.1) is 29.8 Å². The summed E-state index contributed by atoms with van der Waals surface area (Å²) in [5.74, 6) is -3.38. The van der Waals surface area contributed by atoms with Gasteiger partial charge in [-0.2, -0.15) is 0 Å². The van der Waals surface area contributed by atoms with Crippen molar-refractivity contribution in [1.29, 1.82) is 0 Å². The smallest absolute Gasteiger partial charge is 0.272 e. The van der Waals surface area contributed by atoms with Gasteiger partial charge in [0, 0.05) is 11.1 Å². The average molecular weight is 555 g/mol. The molecule has 1 aliphatic rings. The highest BCUT2D eigenvalue weighted by Crippen LogP contribution is 2.30. The number of hydrogen-bond acceptors (Lipinski definition) is 4. The number of carbonyl (C=O) groups is 3. The molecule has 3 N–H and O–H groups in total. The molecule has 1 heterocycles. The summed E-state index contributed by atoms with van der Waals surface area (Å²) in [6, 6.07) is 22.7. The Morgan fingerprint density at radius 3 is 2.32 bits per heavy atom. The maximum atomic E-state index is 14.2. The van der Waals surface area contributed by atoms with Crippen molar-refractivity contribution in [2.45, 2.75) is 39.4 Å². The van der Waals surface area contributed by atoms with Gasteiger partial charge in [-0.3, -0.25) is 14.4 Å². The highest BCUT2D eigenvalue weighted by Gasteiger charge is 2.37. The van der Waals surface area contributed by atoms with Crippen LogP contribution in [0.1, 0.15) is 43.4 Å². The number of aliphatic imine (C=N–C) groups is 1. The molecule has 212 valence electrons. The molecular formula is C33H35FN4O3. The van der Waals surface area contributed by atoms with Crippen molar-refractivity contribution in [1.82, 2.24) is 5.32 Å². The number of fused-ring (bicyclic) bond motifs is 1. The summed E-state index contributed by atoms with van der Waals surface area (Å²) in [5, 5.41) is 2.85. The van der Waals surface area contributed by atoms with Gasteiger partial charge >= 0.3 is 0 Å².